The number of pyridine rings is 1. The van der Waals surface area contributed by atoms with Gasteiger partial charge in [-0.2, -0.15) is 13.2 Å². The van der Waals surface area contributed by atoms with Crippen LogP contribution in [-0.2, 0) is 4.79 Å². The van der Waals surface area contributed by atoms with Crippen molar-refractivity contribution in [3.63, 3.8) is 0 Å². The minimum atomic E-state index is -4.29. The van der Waals surface area contributed by atoms with Gasteiger partial charge < -0.3 is 16.0 Å². The molecule has 3 aromatic heterocycles. The van der Waals surface area contributed by atoms with E-state index in [1.165, 1.54) is 11.5 Å². The molecule has 3 heterocycles. The van der Waals surface area contributed by atoms with Crippen molar-refractivity contribution in [1.29, 1.82) is 0 Å². The van der Waals surface area contributed by atoms with Gasteiger partial charge in [-0.3, -0.25) is 4.79 Å². The first kappa shape index (κ1) is 27.1. The molecular weight excluding hydrogens is 452 g/mol. The maximum Gasteiger partial charge on any atom is 0.405 e. The molecular formula is C20H25ClF4N6O. The van der Waals surface area contributed by atoms with Gasteiger partial charge in [0, 0.05) is 23.3 Å². The highest BCUT2D eigenvalue weighted by Crippen LogP contribution is 2.27. The minimum Gasteiger partial charge on any atom is -0.381 e. The molecule has 0 aromatic carbocycles. The number of rotatable bonds is 4. The van der Waals surface area contributed by atoms with E-state index in [2.05, 4.69) is 47.6 Å². The van der Waals surface area contributed by atoms with Crippen LogP contribution >= 0.6 is 11.6 Å². The average Bonchev–Trinajstić information content (AvgIpc) is 3.12. The summed E-state index contributed by atoms with van der Waals surface area (Å²) in [5.41, 5.74) is 6.75. The van der Waals surface area contributed by atoms with E-state index in [4.69, 9.17) is 17.3 Å². The number of hydrogen-bond acceptors (Lipinski definition) is 5. The summed E-state index contributed by atoms with van der Waals surface area (Å²) in [6, 6.07) is 1.73. The maximum atomic E-state index is 13.0. The molecule has 3 rings (SSSR count). The molecule has 0 aliphatic heterocycles. The third kappa shape index (κ3) is 9.04. The van der Waals surface area contributed by atoms with E-state index in [1.54, 1.807) is 12.3 Å². The molecule has 0 bridgehead atoms. The molecule has 176 valence electrons. The fraction of sp³-hybridized carbons (Fsp3) is 0.400. The quantitative estimate of drug-likeness (QED) is 0.363. The molecule has 0 spiro atoms. The number of aromatic nitrogens is 4. The van der Waals surface area contributed by atoms with E-state index >= 15 is 0 Å². The summed E-state index contributed by atoms with van der Waals surface area (Å²) in [5.74, 6) is 1.19. The van der Waals surface area contributed by atoms with Crippen LogP contribution in [0.1, 0.15) is 27.7 Å². The van der Waals surface area contributed by atoms with E-state index in [0.29, 0.717) is 22.1 Å². The smallest absolute Gasteiger partial charge is 0.381 e. The Kier molecular flexibility index (Phi) is 10.3. The summed E-state index contributed by atoms with van der Waals surface area (Å²) in [6.45, 7) is 7.71. The molecule has 1 amide bonds. The molecule has 4 N–H and O–H groups in total. The summed E-state index contributed by atoms with van der Waals surface area (Å²) < 4.78 is 46.1. The normalized spacial score (nSPS) is 11.0. The Bertz CT molecular complexity index is 1000. The van der Waals surface area contributed by atoms with Crippen molar-refractivity contribution in [2.75, 3.05) is 12.3 Å². The van der Waals surface area contributed by atoms with Gasteiger partial charge in [0.25, 0.3) is 0 Å². The van der Waals surface area contributed by atoms with Gasteiger partial charge in [-0.15, -0.1) is 0 Å². The molecule has 0 saturated carbocycles. The highest BCUT2D eigenvalue weighted by molar-refractivity contribution is 6.31. The van der Waals surface area contributed by atoms with Crippen LogP contribution < -0.4 is 11.1 Å². The van der Waals surface area contributed by atoms with Crippen molar-refractivity contribution in [3.05, 3.63) is 35.5 Å². The summed E-state index contributed by atoms with van der Waals surface area (Å²) >= 11 is 5.89. The number of fused-ring (bicyclic) bond motifs is 1. The second-order valence-electron chi connectivity index (χ2n) is 7.28. The Hall–Kier alpha value is -2.95. The standard InChI is InChI=1S/C11H7ClFN5.C6H14.C3H4F3NO/c12-5-1-6-7(3-16-10(6)15-2-5)11-17-4-8(13)9(14)18-11;1-5(2)6(3)4;4-3(5,6)1-7-2-8/h1-4H,(H,15,16)(H2,14,17,18);5-6H,1-4H3;2H,1H2,(H,7,8). The number of nitrogens with two attached hydrogens (primary N) is 1. The Balaban J connectivity index is 0.000000306. The van der Waals surface area contributed by atoms with E-state index in [-0.39, 0.29) is 12.2 Å². The van der Waals surface area contributed by atoms with Crippen LogP contribution in [0, 0.1) is 17.7 Å². The summed E-state index contributed by atoms with van der Waals surface area (Å²) in [5, 5.41) is 2.74. The van der Waals surface area contributed by atoms with E-state index in [9.17, 15) is 22.4 Å². The fourth-order valence-electron chi connectivity index (χ4n) is 1.83. The fourth-order valence-corrected chi connectivity index (χ4v) is 1.99. The molecule has 0 aliphatic rings. The Morgan fingerprint density at radius 1 is 1.19 bits per heavy atom. The van der Waals surface area contributed by atoms with Gasteiger partial charge in [-0.25, -0.2) is 19.3 Å². The first-order valence-corrected chi connectivity index (χ1v) is 9.88. The van der Waals surface area contributed by atoms with E-state index in [1.807, 2.05) is 0 Å². The monoisotopic (exact) mass is 476 g/mol. The first-order chi connectivity index (χ1) is 14.9. The predicted octanol–water partition coefficient (Wildman–Crippen LogP) is 4.99. The number of amides is 1. The maximum absolute atomic E-state index is 13.0. The number of hydrogen-bond donors (Lipinski definition) is 3. The lowest BCUT2D eigenvalue weighted by Crippen LogP contribution is -2.27. The summed E-state index contributed by atoms with van der Waals surface area (Å²) in [7, 11) is 0. The number of carbonyl (C=O) groups is 1. The van der Waals surface area contributed by atoms with Crippen molar-refractivity contribution in [2.45, 2.75) is 33.9 Å². The van der Waals surface area contributed by atoms with Crippen LogP contribution in [0.5, 0.6) is 0 Å². The Labute approximate surface area is 187 Å². The van der Waals surface area contributed by atoms with Gasteiger partial charge in [-0.1, -0.05) is 39.3 Å². The predicted molar refractivity (Wildman–Crippen MR) is 116 cm³/mol. The highest BCUT2D eigenvalue weighted by Gasteiger charge is 2.25. The topological polar surface area (TPSA) is 110 Å². The number of nitrogens with one attached hydrogen (secondary N) is 2. The average molecular weight is 477 g/mol. The number of nitrogens with zero attached hydrogens (tertiary/aromatic N) is 3. The number of alkyl halides is 3. The van der Waals surface area contributed by atoms with Crippen molar-refractivity contribution < 1.29 is 22.4 Å². The van der Waals surface area contributed by atoms with Crippen LogP contribution in [0.2, 0.25) is 5.02 Å². The van der Waals surface area contributed by atoms with Crippen LogP contribution in [-0.4, -0.2) is 39.1 Å². The molecule has 0 aliphatic carbocycles. The van der Waals surface area contributed by atoms with E-state index < -0.39 is 18.5 Å². The molecule has 7 nitrogen and oxygen atoms in total. The lowest BCUT2D eigenvalue weighted by Gasteiger charge is -2.05. The molecule has 0 saturated heterocycles. The van der Waals surface area contributed by atoms with Crippen LogP contribution in [0.15, 0.2) is 24.7 Å². The van der Waals surface area contributed by atoms with Crippen molar-refractivity contribution in [1.82, 2.24) is 25.3 Å². The summed E-state index contributed by atoms with van der Waals surface area (Å²) in [6.07, 6.45) is -0.0341. The largest absolute Gasteiger partial charge is 0.405 e. The van der Waals surface area contributed by atoms with Gasteiger partial charge >= 0.3 is 6.18 Å². The lowest BCUT2D eigenvalue weighted by molar-refractivity contribution is -0.132. The van der Waals surface area contributed by atoms with E-state index in [0.717, 1.165) is 23.4 Å². The SMILES string of the molecule is CC(C)C(C)C.Nc1nc(-c2c[nH]c3ncc(Cl)cc23)ncc1F.O=CNCC(F)(F)F. The molecule has 0 radical (unpaired) electrons. The molecule has 3 aromatic rings. The van der Waals surface area contributed by atoms with Gasteiger partial charge in [0.2, 0.25) is 6.41 Å². The second kappa shape index (κ2) is 12.2. The third-order valence-corrected chi connectivity index (χ3v) is 4.44. The van der Waals surface area contributed by atoms with Crippen molar-refractivity contribution >= 4 is 34.9 Å². The van der Waals surface area contributed by atoms with Gasteiger partial charge in [0.15, 0.2) is 17.5 Å². The Morgan fingerprint density at radius 3 is 2.28 bits per heavy atom. The third-order valence-electron chi connectivity index (χ3n) is 4.23. The van der Waals surface area contributed by atoms with Gasteiger partial charge in [0.05, 0.1) is 11.2 Å². The lowest BCUT2D eigenvalue weighted by atomic mass is 10.0. The number of aromatic amines is 1. The molecule has 0 atom stereocenters. The number of anilines is 1. The molecule has 32 heavy (non-hydrogen) atoms. The zero-order chi connectivity index (χ0) is 24.5. The number of carbonyl (C=O) groups excluding carboxylic acids is 1. The molecule has 12 heteroatoms. The Morgan fingerprint density at radius 2 is 1.81 bits per heavy atom. The zero-order valence-corrected chi connectivity index (χ0v) is 18.7. The van der Waals surface area contributed by atoms with Crippen LogP contribution in [0.25, 0.3) is 22.4 Å². The summed E-state index contributed by atoms with van der Waals surface area (Å²) in [4.78, 5) is 24.1. The highest BCUT2D eigenvalue weighted by atomic mass is 35.5. The number of H-pyrrole nitrogens is 1. The number of nitrogen functional groups attached to an aromatic ring is 1. The second-order valence-corrected chi connectivity index (χ2v) is 7.72. The van der Waals surface area contributed by atoms with Crippen molar-refractivity contribution in [2.24, 2.45) is 11.8 Å². The van der Waals surface area contributed by atoms with Crippen LogP contribution in [0.3, 0.4) is 0 Å². The van der Waals surface area contributed by atoms with Gasteiger partial charge in [-0.05, 0) is 17.9 Å². The number of halogens is 5. The molecule has 0 fully saturated rings. The zero-order valence-electron chi connectivity index (χ0n) is 18.0. The van der Waals surface area contributed by atoms with Crippen LogP contribution in [0.4, 0.5) is 23.4 Å². The minimum absolute atomic E-state index is 0.00743. The van der Waals surface area contributed by atoms with Gasteiger partial charge in [0.1, 0.15) is 12.2 Å². The first-order valence-electron chi connectivity index (χ1n) is 9.50. The molecule has 0 unspecified atom stereocenters. The van der Waals surface area contributed by atoms with Crippen molar-refractivity contribution in [3.8, 4) is 11.4 Å².